The van der Waals surface area contributed by atoms with Crippen LogP contribution >= 0.6 is 0 Å². The molecule has 0 spiro atoms. The zero-order valence-corrected chi connectivity index (χ0v) is 16.4. The lowest BCUT2D eigenvalue weighted by atomic mass is 9.84. The minimum absolute atomic E-state index is 0.309. The number of nitrogens with zero attached hydrogens (tertiary/aromatic N) is 1. The van der Waals surface area contributed by atoms with Crippen molar-refractivity contribution in [1.29, 1.82) is 0 Å². The molecule has 0 aromatic heterocycles. The summed E-state index contributed by atoms with van der Waals surface area (Å²) < 4.78 is 0. The first kappa shape index (κ1) is 20.9. The number of benzene rings is 2. The maximum atomic E-state index is 12.5. The molecule has 156 valence electrons. The van der Waals surface area contributed by atoms with Gasteiger partial charge in [-0.05, 0) is 36.1 Å². The van der Waals surface area contributed by atoms with E-state index in [9.17, 15) is 19.5 Å². The molecule has 2 aromatic rings. The molecular formula is C22H24N4O4. The number of aliphatic carboxylic acids is 1. The average Bonchev–Trinajstić information content (AvgIpc) is 2.72. The number of hydrogen-bond donors (Lipinski definition) is 4. The maximum Gasteiger partial charge on any atom is 0.329 e. The van der Waals surface area contributed by atoms with Crippen molar-refractivity contribution in [3.05, 3.63) is 67.0 Å². The number of urea groups is 1. The van der Waals surface area contributed by atoms with Crippen molar-refractivity contribution in [2.75, 3.05) is 11.9 Å². The smallest absolute Gasteiger partial charge is 0.329 e. The van der Waals surface area contributed by atoms with Crippen LogP contribution in [0.15, 0.2) is 67.0 Å². The molecule has 0 bridgehead atoms. The SMILES string of the molecule is C=C(N)NCCCC1C(=O)N(C(=O)Nc2ccc(-c3ccccc3)cc2)C1C(=O)O. The Balaban J connectivity index is 1.61. The highest BCUT2D eigenvalue weighted by Crippen LogP contribution is 2.32. The number of nitrogens with two attached hydrogens (primary N) is 1. The first-order valence-electron chi connectivity index (χ1n) is 9.59. The zero-order chi connectivity index (χ0) is 21.7. The Morgan fingerprint density at radius 2 is 1.70 bits per heavy atom. The lowest BCUT2D eigenvalue weighted by molar-refractivity contribution is -0.165. The Bertz CT molecular complexity index is 943. The van der Waals surface area contributed by atoms with Gasteiger partial charge in [0.2, 0.25) is 5.91 Å². The molecule has 2 aromatic carbocycles. The number of carbonyl (C=O) groups is 3. The number of carboxylic acids is 1. The van der Waals surface area contributed by atoms with E-state index in [0.29, 0.717) is 30.9 Å². The van der Waals surface area contributed by atoms with Gasteiger partial charge in [-0.3, -0.25) is 4.79 Å². The quantitative estimate of drug-likeness (QED) is 0.393. The number of carboxylic acid groups (broad SMARTS) is 1. The molecule has 8 heteroatoms. The summed E-state index contributed by atoms with van der Waals surface area (Å²) in [7, 11) is 0. The number of β-lactam (4-membered cyclic amide) rings is 1. The number of likely N-dealkylation sites (tertiary alicyclic amines) is 1. The number of rotatable bonds is 8. The van der Waals surface area contributed by atoms with Gasteiger partial charge in [0.05, 0.1) is 11.7 Å². The first-order chi connectivity index (χ1) is 14.4. The van der Waals surface area contributed by atoms with Crippen LogP contribution in [0.2, 0.25) is 0 Å². The van der Waals surface area contributed by atoms with Crippen LogP contribution in [0.5, 0.6) is 0 Å². The fourth-order valence-corrected chi connectivity index (χ4v) is 3.47. The Morgan fingerprint density at radius 3 is 2.30 bits per heavy atom. The number of imide groups is 1. The molecule has 0 aliphatic carbocycles. The van der Waals surface area contributed by atoms with E-state index in [1.165, 1.54) is 0 Å². The second-order valence-electron chi connectivity index (χ2n) is 7.07. The van der Waals surface area contributed by atoms with Crippen molar-refractivity contribution >= 4 is 23.6 Å². The van der Waals surface area contributed by atoms with Crippen LogP contribution in [0.1, 0.15) is 12.8 Å². The fraction of sp³-hybridized carbons (Fsp3) is 0.227. The molecule has 1 aliphatic heterocycles. The van der Waals surface area contributed by atoms with E-state index in [2.05, 4.69) is 17.2 Å². The van der Waals surface area contributed by atoms with E-state index in [1.807, 2.05) is 42.5 Å². The number of anilines is 1. The minimum Gasteiger partial charge on any atom is -0.480 e. The third kappa shape index (κ3) is 4.60. The van der Waals surface area contributed by atoms with Crippen molar-refractivity contribution in [3.8, 4) is 11.1 Å². The monoisotopic (exact) mass is 408 g/mol. The van der Waals surface area contributed by atoms with Crippen molar-refractivity contribution in [1.82, 2.24) is 10.2 Å². The molecule has 8 nitrogen and oxygen atoms in total. The molecule has 1 fully saturated rings. The predicted molar refractivity (Wildman–Crippen MR) is 113 cm³/mol. The van der Waals surface area contributed by atoms with Crippen molar-refractivity contribution in [2.45, 2.75) is 18.9 Å². The molecule has 2 unspecified atom stereocenters. The summed E-state index contributed by atoms with van der Waals surface area (Å²) >= 11 is 0. The third-order valence-corrected chi connectivity index (χ3v) is 4.97. The van der Waals surface area contributed by atoms with Crippen molar-refractivity contribution in [2.24, 2.45) is 11.7 Å². The van der Waals surface area contributed by atoms with Crippen LogP contribution in [0, 0.1) is 5.92 Å². The lowest BCUT2D eigenvalue weighted by Crippen LogP contribution is -2.67. The lowest BCUT2D eigenvalue weighted by Gasteiger charge is -2.42. The summed E-state index contributed by atoms with van der Waals surface area (Å²) in [5.74, 6) is -2.12. The van der Waals surface area contributed by atoms with Gasteiger partial charge in [0.25, 0.3) is 0 Å². The van der Waals surface area contributed by atoms with E-state index in [1.54, 1.807) is 12.1 Å². The highest BCUT2D eigenvalue weighted by atomic mass is 16.4. The standard InChI is InChI=1S/C22H24N4O4/c1-14(23)24-13-5-8-18-19(21(28)29)26(20(18)27)22(30)25-17-11-9-16(10-12-17)15-6-3-2-4-7-15/h2-4,6-7,9-12,18-19,24H,1,5,8,13,23H2,(H,25,30)(H,28,29). The Labute approximate surface area is 174 Å². The maximum absolute atomic E-state index is 12.5. The molecule has 3 amide bonds. The van der Waals surface area contributed by atoms with Crippen molar-refractivity contribution < 1.29 is 19.5 Å². The van der Waals surface area contributed by atoms with Gasteiger partial charge in [0.15, 0.2) is 6.04 Å². The van der Waals surface area contributed by atoms with E-state index < -0.39 is 29.9 Å². The minimum atomic E-state index is -1.20. The van der Waals surface area contributed by atoms with E-state index in [-0.39, 0.29) is 0 Å². The highest BCUT2D eigenvalue weighted by molar-refractivity contribution is 6.11. The largest absolute Gasteiger partial charge is 0.480 e. The molecule has 30 heavy (non-hydrogen) atoms. The molecule has 0 radical (unpaired) electrons. The molecule has 2 atom stereocenters. The molecule has 1 aliphatic rings. The van der Waals surface area contributed by atoms with Gasteiger partial charge in [-0.15, -0.1) is 0 Å². The van der Waals surface area contributed by atoms with Crippen LogP contribution in [0.4, 0.5) is 10.5 Å². The summed E-state index contributed by atoms with van der Waals surface area (Å²) in [6.07, 6.45) is 0.873. The predicted octanol–water partition coefficient (Wildman–Crippen LogP) is 2.60. The number of hydrogen-bond acceptors (Lipinski definition) is 5. The number of amides is 3. The first-order valence-corrected chi connectivity index (χ1v) is 9.59. The van der Waals surface area contributed by atoms with Crippen LogP contribution in [-0.2, 0) is 9.59 Å². The average molecular weight is 408 g/mol. The summed E-state index contributed by atoms with van der Waals surface area (Å²) in [4.78, 5) is 37.3. The van der Waals surface area contributed by atoms with Crippen LogP contribution in [0.3, 0.4) is 0 Å². The Hall–Kier alpha value is -3.81. The summed E-state index contributed by atoms with van der Waals surface area (Å²) in [6, 6.07) is 14.9. The molecule has 1 saturated heterocycles. The Kier molecular flexibility index (Phi) is 6.36. The van der Waals surface area contributed by atoms with Gasteiger partial charge in [-0.1, -0.05) is 49.0 Å². The van der Waals surface area contributed by atoms with E-state index in [4.69, 9.17) is 5.73 Å². The third-order valence-electron chi connectivity index (χ3n) is 4.97. The molecule has 5 N–H and O–H groups in total. The van der Waals surface area contributed by atoms with Gasteiger partial charge >= 0.3 is 12.0 Å². The second-order valence-corrected chi connectivity index (χ2v) is 7.07. The Morgan fingerprint density at radius 1 is 1.07 bits per heavy atom. The van der Waals surface area contributed by atoms with Gasteiger partial charge in [-0.2, -0.15) is 0 Å². The van der Waals surface area contributed by atoms with Gasteiger partial charge < -0.3 is 21.5 Å². The molecule has 3 rings (SSSR count). The highest BCUT2D eigenvalue weighted by Gasteiger charge is 2.54. The number of nitrogens with one attached hydrogen (secondary N) is 2. The van der Waals surface area contributed by atoms with Gasteiger partial charge in [0, 0.05) is 12.2 Å². The second kappa shape index (κ2) is 9.13. The van der Waals surface area contributed by atoms with E-state index in [0.717, 1.165) is 16.0 Å². The van der Waals surface area contributed by atoms with Crippen LogP contribution in [-0.4, -0.2) is 40.5 Å². The normalized spacial score (nSPS) is 17.7. The van der Waals surface area contributed by atoms with Gasteiger partial charge in [0.1, 0.15) is 0 Å². The summed E-state index contributed by atoms with van der Waals surface area (Å²) in [5.41, 5.74) is 7.90. The molecule has 0 saturated carbocycles. The topological polar surface area (TPSA) is 125 Å². The van der Waals surface area contributed by atoms with Crippen molar-refractivity contribution in [3.63, 3.8) is 0 Å². The molecule has 1 heterocycles. The summed E-state index contributed by atoms with van der Waals surface area (Å²) in [6.45, 7) is 3.98. The fourth-order valence-electron chi connectivity index (χ4n) is 3.47. The summed E-state index contributed by atoms with van der Waals surface area (Å²) in [5, 5.41) is 14.9. The van der Waals surface area contributed by atoms with Crippen LogP contribution < -0.4 is 16.4 Å². The zero-order valence-electron chi connectivity index (χ0n) is 16.4. The van der Waals surface area contributed by atoms with Crippen LogP contribution in [0.25, 0.3) is 11.1 Å². The van der Waals surface area contributed by atoms with E-state index >= 15 is 0 Å². The molecular weight excluding hydrogens is 384 g/mol. The number of carbonyl (C=O) groups excluding carboxylic acids is 2. The van der Waals surface area contributed by atoms with Gasteiger partial charge in [-0.25, -0.2) is 14.5 Å².